The monoisotopic (exact) mass is 425 g/mol. The van der Waals surface area contributed by atoms with Gasteiger partial charge in [0.25, 0.3) is 0 Å². The molecule has 7 nitrogen and oxygen atoms in total. The van der Waals surface area contributed by atoms with Gasteiger partial charge >= 0.3 is 0 Å². The van der Waals surface area contributed by atoms with E-state index in [1.165, 1.54) is 11.8 Å². The first-order valence-corrected chi connectivity index (χ1v) is 10.1. The minimum atomic E-state index is -4.08. The molecule has 10 heteroatoms. The van der Waals surface area contributed by atoms with Crippen LogP contribution in [0.3, 0.4) is 0 Å². The molecule has 0 fully saturated rings. The average molecular weight is 425 g/mol. The molecule has 2 aromatic carbocycles. The van der Waals surface area contributed by atoms with Crippen LogP contribution < -0.4 is 10.0 Å². The Hall–Kier alpha value is -2.85. The Morgan fingerprint density at radius 2 is 1.76 bits per heavy atom. The number of carbonyl (C=O) groups excluding carboxylic acids is 2. The highest BCUT2D eigenvalue weighted by Gasteiger charge is 2.17. The summed E-state index contributed by atoms with van der Waals surface area (Å²) in [5.41, 5.74) is 1.23. The second-order valence-corrected chi connectivity index (χ2v) is 8.07. The minimum Gasteiger partial charge on any atom is -0.342 e. The van der Waals surface area contributed by atoms with E-state index in [0.717, 1.165) is 11.6 Å². The van der Waals surface area contributed by atoms with Crippen LogP contribution in [-0.4, -0.2) is 38.7 Å². The van der Waals surface area contributed by atoms with E-state index in [1.54, 1.807) is 31.3 Å². The van der Waals surface area contributed by atoms with Crippen molar-refractivity contribution < 1.29 is 26.8 Å². The molecule has 2 aromatic rings. The lowest BCUT2D eigenvalue weighted by Gasteiger charge is -2.18. The van der Waals surface area contributed by atoms with Crippen molar-refractivity contribution in [2.24, 2.45) is 0 Å². The standard InChI is InChI=1S/C19H21F2N3O4S/c1-13(25)24(2)12-14-5-3-4-6-18(14)23-19(26)9-10-22-29(27,28)15-7-8-16(20)17(21)11-15/h3-8,11,22H,9-10,12H2,1-2H3,(H,23,26). The Bertz CT molecular complexity index is 1010. The number of nitrogens with one attached hydrogen (secondary N) is 2. The lowest BCUT2D eigenvalue weighted by atomic mass is 10.1. The van der Waals surface area contributed by atoms with Crippen LogP contribution in [0.5, 0.6) is 0 Å². The number of hydrogen-bond donors (Lipinski definition) is 2. The Morgan fingerprint density at radius 3 is 2.41 bits per heavy atom. The van der Waals surface area contributed by atoms with Gasteiger partial charge in [0.05, 0.1) is 4.90 Å². The van der Waals surface area contributed by atoms with Crippen LogP contribution in [0.25, 0.3) is 0 Å². The zero-order valence-corrected chi connectivity index (χ0v) is 16.7. The summed E-state index contributed by atoms with van der Waals surface area (Å²) in [5.74, 6) is -3.01. The number of rotatable bonds is 8. The van der Waals surface area contributed by atoms with Crippen molar-refractivity contribution in [1.82, 2.24) is 9.62 Å². The molecule has 0 atom stereocenters. The summed E-state index contributed by atoms with van der Waals surface area (Å²) >= 11 is 0. The Kier molecular flexibility index (Phi) is 7.40. The molecule has 0 aliphatic rings. The molecule has 0 aliphatic heterocycles. The van der Waals surface area contributed by atoms with Crippen molar-refractivity contribution in [3.63, 3.8) is 0 Å². The number of para-hydroxylation sites is 1. The van der Waals surface area contributed by atoms with Crippen molar-refractivity contribution in [3.05, 3.63) is 59.7 Å². The lowest BCUT2D eigenvalue weighted by Crippen LogP contribution is -2.28. The topological polar surface area (TPSA) is 95.6 Å². The highest BCUT2D eigenvalue weighted by atomic mass is 32.2. The first kappa shape index (κ1) is 22.4. The number of anilines is 1. The van der Waals surface area contributed by atoms with Crippen molar-refractivity contribution >= 4 is 27.5 Å². The van der Waals surface area contributed by atoms with Crippen LogP contribution in [0.2, 0.25) is 0 Å². The average Bonchev–Trinajstić information content (AvgIpc) is 2.65. The molecule has 2 amide bonds. The summed E-state index contributed by atoms with van der Waals surface area (Å²) in [6.07, 6.45) is -0.181. The van der Waals surface area contributed by atoms with Gasteiger partial charge in [-0.25, -0.2) is 21.9 Å². The maximum Gasteiger partial charge on any atom is 0.240 e. The molecule has 0 aromatic heterocycles. The number of nitrogens with zero attached hydrogens (tertiary/aromatic N) is 1. The number of amides is 2. The van der Waals surface area contributed by atoms with Crippen molar-refractivity contribution in [2.45, 2.75) is 24.8 Å². The van der Waals surface area contributed by atoms with Crippen LogP contribution >= 0.6 is 0 Å². The summed E-state index contributed by atoms with van der Waals surface area (Å²) in [4.78, 5) is 24.6. The fraction of sp³-hybridized carbons (Fsp3) is 0.263. The summed E-state index contributed by atoms with van der Waals surface area (Å²) in [6.45, 7) is 1.50. The number of carbonyl (C=O) groups is 2. The molecule has 2 N–H and O–H groups in total. The third-order valence-electron chi connectivity index (χ3n) is 4.08. The Balaban J connectivity index is 1.95. The zero-order valence-electron chi connectivity index (χ0n) is 15.9. The number of sulfonamides is 1. The summed E-state index contributed by atoms with van der Waals surface area (Å²) in [7, 11) is -2.45. The van der Waals surface area contributed by atoms with E-state index in [1.807, 2.05) is 0 Å². The molecule has 0 aliphatic carbocycles. The van der Waals surface area contributed by atoms with Gasteiger partial charge in [0.1, 0.15) is 0 Å². The quantitative estimate of drug-likeness (QED) is 0.678. The van der Waals surface area contributed by atoms with Crippen molar-refractivity contribution in [2.75, 3.05) is 18.9 Å². The predicted octanol–water partition coefficient (Wildman–Crippen LogP) is 2.25. The molecule has 0 spiro atoms. The van der Waals surface area contributed by atoms with E-state index in [0.29, 0.717) is 24.4 Å². The van der Waals surface area contributed by atoms with E-state index < -0.39 is 32.5 Å². The molecular formula is C19H21F2N3O4S. The fourth-order valence-corrected chi connectivity index (χ4v) is 3.43. The van der Waals surface area contributed by atoms with E-state index in [9.17, 15) is 26.8 Å². The van der Waals surface area contributed by atoms with E-state index in [-0.39, 0.29) is 18.9 Å². The third kappa shape index (κ3) is 6.33. The predicted molar refractivity (Wildman–Crippen MR) is 103 cm³/mol. The highest BCUT2D eigenvalue weighted by Crippen LogP contribution is 2.17. The van der Waals surface area contributed by atoms with Gasteiger partial charge in [0.15, 0.2) is 11.6 Å². The SMILES string of the molecule is CC(=O)N(C)Cc1ccccc1NC(=O)CCNS(=O)(=O)c1ccc(F)c(F)c1. The lowest BCUT2D eigenvalue weighted by molar-refractivity contribution is -0.128. The molecule has 2 rings (SSSR count). The normalized spacial score (nSPS) is 11.2. The molecule has 156 valence electrons. The van der Waals surface area contributed by atoms with Gasteiger partial charge in [-0.05, 0) is 29.8 Å². The van der Waals surface area contributed by atoms with Gasteiger partial charge in [-0.15, -0.1) is 0 Å². The van der Waals surface area contributed by atoms with Gasteiger partial charge < -0.3 is 10.2 Å². The molecule has 0 heterocycles. The summed E-state index contributed by atoms with van der Waals surface area (Å²) < 4.78 is 52.5. The summed E-state index contributed by atoms with van der Waals surface area (Å²) in [6, 6.07) is 9.15. The highest BCUT2D eigenvalue weighted by molar-refractivity contribution is 7.89. The number of hydrogen-bond acceptors (Lipinski definition) is 4. The molecule has 0 unspecified atom stereocenters. The molecule has 0 radical (unpaired) electrons. The van der Waals surface area contributed by atoms with Crippen LogP contribution in [0.15, 0.2) is 47.4 Å². The first-order valence-electron chi connectivity index (χ1n) is 8.64. The van der Waals surface area contributed by atoms with E-state index in [2.05, 4.69) is 10.0 Å². The van der Waals surface area contributed by atoms with Crippen molar-refractivity contribution in [1.29, 1.82) is 0 Å². The molecular weight excluding hydrogens is 404 g/mol. The number of halogens is 2. The first-order chi connectivity index (χ1) is 13.6. The van der Waals surface area contributed by atoms with Gasteiger partial charge in [-0.3, -0.25) is 9.59 Å². The van der Waals surface area contributed by atoms with Crippen LogP contribution in [0.1, 0.15) is 18.9 Å². The van der Waals surface area contributed by atoms with Gasteiger partial charge in [-0.2, -0.15) is 0 Å². The molecule has 29 heavy (non-hydrogen) atoms. The van der Waals surface area contributed by atoms with Crippen LogP contribution in [-0.2, 0) is 26.2 Å². The van der Waals surface area contributed by atoms with E-state index in [4.69, 9.17) is 0 Å². The zero-order chi connectivity index (χ0) is 21.6. The van der Waals surface area contributed by atoms with Gasteiger partial charge in [0.2, 0.25) is 21.8 Å². The van der Waals surface area contributed by atoms with Crippen LogP contribution in [0, 0.1) is 11.6 Å². The smallest absolute Gasteiger partial charge is 0.240 e. The molecule has 0 bridgehead atoms. The maximum atomic E-state index is 13.2. The van der Waals surface area contributed by atoms with E-state index >= 15 is 0 Å². The largest absolute Gasteiger partial charge is 0.342 e. The van der Waals surface area contributed by atoms with Gasteiger partial charge in [0, 0.05) is 39.2 Å². The maximum absolute atomic E-state index is 13.2. The summed E-state index contributed by atoms with van der Waals surface area (Å²) in [5, 5.41) is 2.68. The van der Waals surface area contributed by atoms with Gasteiger partial charge in [-0.1, -0.05) is 18.2 Å². The Labute approximate surface area is 167 Å². The van der Waals surface area contributed by atoms with Crippen molar-refractivity contribution in [3.8, 4) is 0 Å². The third-order valence-corrected chi connectivity index (χ3v) is 5.54. The molecule has 0 saturated heterocycles. The fourth-order valence-electron chi connectivity index (χ4n) is 2.39. The van der Waals surface area contributed by atoms with Crippen LogP contribution in [0.4, 0.5) is 14.5 Å². The molecule has 0 saturated carbocycles. The number of benzene rings is 2. The Morgan fingerprint density at radius 1 is 1.07 bits per heavy atom. The second-order valence-electron chi connectivity index (χ2n) is 6.30. The second kappa shape index (κ2) is 9.57. The minimum absolute atomic E-state index is 0.127.